The number of nitrogens with one attached hydrogen (secondary N) is 1. The van der Waals surface area contributed by atoms with Crippen molar-refractivity contribution in [3.8, 4) is 0 Å². The Morgan fingerprint density at radius 3 is 2.62 bits per heavy atom. The zero-order chi connectivity index (χ0) is 10.3. The van der Waals surface area contributed by atoms with Gasteiger partial charge in [0.2, 0.25) is 0 Å². The van der Waals surface area contributed by atoms with Crippen molar-refractivity contribution in [1.82, 2.24) is 5.32 Å². The summed E-state index contributed by atoms with van der Waals surface area (Å²) in [6.45, 7) is 6.67. The van der Waals surface area contributed by atoms with E-state index in [2.05, 4.69) is 12.2 Å². The predicted molar refractivity (Wildman–Crippen MR) is 54.8 cm³/mol. The van der Waals surface area contributed by atoms with Crippen LogP contribution < -0.4 is 5.32 Å². The summed E-state index contributed by atoms with van der Waals surface area (Å²) < 4.78 is 5.40. The van der Waals surface area contributed by atoms with Gasteiger partial charge in [-0.3, -0.25) is 0 Å². The lowest BCUT2D eigenvalue weighted by atomic mass is 10.2. The van der Waals surface area contributed by atoms with E-state index in [1.165, 1.54) is 0 Å². The molecule has 2 unspecified atom stereocenters. The van der Waals surface area contributed by atoms with Gasteiger partial charge in [0.25, 0.3) is 0 Å². The maximum absolute atomic E-state index is 10.4. The first kappa shape index (κ1) is 12.4. The molecule has 78 valence electrons. The molecule has 0 fully saturated rings. The third-order valence-corrected chi connectivity index (χ3v) is 4.48. The highest BCUT2D eigenvalue weighted by Crippen LogP contribution is 2.14. The fraction of sp³-hybridized carbons (Fsp3) is 0.875. The normalized spacial score (nSPS) is 15.9. The molecule has 0 aliphatic heterocycles. The third kappa shape index (κ3) is 5.65. The molecule has 0 bridgehead atoms. The molecule has 1 amide bonds. The zero-order valence-electron chi connectivity index (χ0n) is 8.54. The number of carbonyl (C=O) groups is 1. The first-order valence-corrected chi connectivity index (χ1v) is 6.08. The first-order chi connectivity index (χ1) is 6.11. The Hall–Kier alpha value is -0.553. The average molecular weight is 205 g/mol. The van der Waals surface area contributed by atoms with Crippen LogP contribution in [0.5, 0.6) is 0 Å². The number of carboxylic acid groups (broad SMARTS) is 1. The van der Waals surface area contributed by atoms with E-state index in [9.17, 15) is 4.79 Å². The lowest BCUT2D eigenvalue weighted by Crippen LogP contribution is -2.36. The molecule has 0 spiro atoms. The molecular weight excluding hydrogens is 186 g/mol. The van der Waals surface area contributed by atoms with Crippen molar-refractivity contribution in [2.45, 2.75) is 38.8 Å². The predicted octanol–water partition coefficient (Wildman–Crippen LogP) is 0.961. The second kappa shape index (κ2) is 6.91. The van der Waals surface area contributed by atoms with E-state index < -0.39 is 15.9 Å². The van der Waals surface area contributed by atoms with E-state index in [-0.39, 0.29) is 6.04 Å². The van der Waals surface area contributed by atoms with Gasteiger partial charge in [-0.2, -0.15) is 0 Å². The van der Waals surface area contributed by atoms with Crippen LogP contribution in [0.2, 0.25) is 5.54 Å². The highest BCUT2D eigenvalue weighted by atomic mass is 28.2. The molecule has 5 heteroatoms. The molecule has 2 N–H and O–H groups in total. The molecule has 0 aromatic rings. The van der Waals surface area contributed by atoms with Crippen LogP contribution in [0.15, 0.2) is 0 Å². The van der Waals surface area contributed by atoms with Crippen LogP contribution in [0.3, 0.4) is 0 Å². The van der Waals surface area contributed by atoms with Crippen molar-refractivity contribution in [3.63, 3.8) is 0 Å². The Kier molecular flexibility index (Phi) is 6.62. The SMILES string of the molecule is CCO[SiH2]C(CC)C(C)NC(=O)O. The molecule has 0 rings (SSSR count). The smallest absolute Gasteiger partial charge is 0.404 e. The minimum Gasteiger partial charge on any atom is -0.465 e. The highest BCUT2D eigenvalue weighted by molar-refractivity contribution is 6.29. The molecule has 0 aromatic heterocycles. The van der Waals surface area contributed by atoms with Crippen molar-refractivity contribution in [1.29, 1.82) is 0 Å². The first-order valence-electron chi connectivity index (χ1n) is 4.69. The monoisotopic (exact) mass is 205 g/mol. The molecule has 0 heterocycles. The van der Waals surface area contributed by atoms with Crippen molar-refractivity contribution >= 4 is 15.9 Å². The Morgan fingerprint density at radius 1 is 1.62 bits per heavy atom. The van der Waals surface area contributed by atoms with Crippen LogP contribution in [-0.2, 0) is 4.43 Å². The number of hydrogen-bond acceptors (Lipinski definition) is 2. The van der Waals surface area contributed by atoms with E-state index in [1.807, 2.05) is 13.8 Å². The van der Waals surface area contributed by atoms with Gasteiger partial charge in [0, 0.05) is 12.6 Å². The van der Waals surface area contributed by atoms with E-state index in [1.54, 1.807) is 0 Å². The zero-order valence-corrected chi connectivity index (χ0v) is 9.95. The van der Waals surface area contributed by atoms with Gasteiger partial charge >= 0.3 is 6.09 Å². The van der Waals surface area contributed by atoms with Crippen molar-refractivity contribution < 1.29 is 14.3 Å². The second-order valence-electron chi connectivity index (χ2n) is 3.07. The maximum Gasteiger partial charge on any atom is 0.404 e. The molecule has 2 atom stereocenters. The van der Waals surface area contributed by atoms with Crippen molar-refractivity contribution in [2.24, 2.45) is 0 Å². The minimum atomic E-state index is -0.948. The summed E-state index contributed by atoms with van der Waals surface area (Å²) in [7, 11) is -0.591. The van der Waals surface area contributed by atoms with Crippen molar-refractivity contribution in [2.75, 3.05) is 6.61 Å². The molecule has 4 nitrogen and oxygen atoms in total. The van der Waals surface area contributed by atoms with Crippen LogP contribution in [-0.4, -0.2) is 33.6 Å². The summed E-state index contributed by atoms with van der Waals surface area (Å²) in [6.07, 6.45) is 0.0321. The van der Waals surface area contributed by atoms with E-state index >= 15 is 0 Å². The molecule has 0 aliphatic rings. The van der Waals surface area contributed by atoms with Gasteiger partial charge in [0.15, 0.2) is 9.76 Å². The quantitative estimate of drug-likeness (QED) is 0.635. The second-order valence-corrected chi connectivity index (χ2v) is 4.86. The third-order valence-electron chi connectivity index (χ3n) is 2.12. The van der Waals surface area contributed by atoms with E-state index in [0.717, 1.165) is 13.0 Å². The highest BCUT2D eigenvalue weighted by Gasteiger charge is 2.17. The Bertz CT molecular complexity index is 154. The summed E-state index contributed by atoms with van der Waals surface area (Å²) in [5.74, 6) is 0. The van der Waals surface area contributed by atoms with Gasteiger partial charge in [-0.05, 0) is 19.4 Å². The summed E-state index contributed by atoms with van der Waals surface area (Å²) in [6, 6.07) is 0.0146. The fourth-order valence-electron chi connectivity index (χ4n) is 1.20. The summed E-state index contributed by atoms with van der Waals surface area (Å²) in [5.41, 5.74) is 0.399. The van der Waals surface area contributed by atoms with Gasteiger partial charge in [0.1, 0.15) is 0 Å². The molecule has 0 aliphatic carbocycles. The van der Waals surface area contributed by atoms with E-state index in [0.29, 0.717) is 5.54 Å². The lowest BCUT2D eigenvalue weighted by molar-refractivity contribution is 0.189. The van der Waals surface area contributed by atoms with Crippen LogP contribution in [0.4, 0.5) is 4.79 Å². The standard InChI is InChI=1S/C8H19NO3Si/c1-4-7(13-12-5-2)6(3)9-8(10)11/h6-7,9H,4-5,13H2,1-3H3,(H,10,11). The summed E-state index contributed by atoms with van der Waals surface area (Å²) in [4.78, 5) is 10.4. The molecule has 0 radical (unpaired) electrons. The summed E-state index contributed by atoms with van der Waals surface area (Å²) >= 11 is 0. The van der Waals surface area contributed by atoms with Crippen LogP contribution in [0.1, 0.15) is 27.2 Å². The molecule has 13 heavy (non-hydrogen) atoms. The van der Waals surface area contributed by atoms with Gasteiger partial charge in [-0.1, -0.05) is 13.3 Å². The van der Waals surface area contributed by atoms with Gasteiger partial charge < -0.3 is 14.8 Å². The van der Waals surface area contributed by atoms with Crippen LogP contribution in [0, 0.1) is 0 Å². The van der Waals surface area contributed by atoms with Gasteiger partial charge in [-0.15, -0.1) is 0 Å². The summed E-state index contributed by atoms with van der Waals surface area (Å²) in [5, 5.41) is 11.0. The van der Waals surface area contributed by atoms with E-state index in [4.69, 9.17) is 9.53 Å². The number of hydrogen-bond donors (Lipinski definition) is 2. The molecule has 0 aromatic carbocycles. The molecular formula is C8H19NO3Si. The average Bonchev–Trinajstić information content (AvgIpc) is 2.04. The maximum atomic E-state index is 10.4. The Morgan fingerprint density at radius 2 is 2.23 bits per heavy atom. The van der Waals surface area contributed by atoms with Gasteiger partial charge in [-0.25, -0.2) is 4.79 Å². The number of amides is 1. The lowest BCUT2D eigenvalue weighted by Gasteiger charge is -2.21. The molecule has 0 saturated carbocycles. The number of rotatable bonds is 6. The largest absolute Gasteiger partial charge is 0.465 e. The fourth-order valence-corrected chi connectivity index (χ4v) is 2.38. The minimum absolute atomic E-state index is 0.0146. The van der Waals surface area contributed by atoms with Gasteiger partial charge in [0.05, 0.1) is 0 Å². The Balaban J connectivity index is 3.83. The molecule has 0 saturated heterocycles. The van der Waals surface area contributed by atoms with Crippen LogP contribution >= 0.6 is 0 Å². The van der Waals surface area contributed by atoms with Crippen molar-refractivity contribution in [3.05, 3.63) is 0 Å². The Labute approximate surface area is 81.6 Å². The van der Waals surface area contributed by atoms with Crippen LogP contribution in [0.25, 0.3) is 0 Å². The topological polar surface area (TPSA) is 58.6 Å².